The molecule has 21 heavy (non-hydrogen) atoms. The summed E-state index contributed by atoms with van der Waals surface area (Å²) in [4.78, 5) is 3.89. The first-order valence-corrected chi connectivity index (χ1v) is 8.62. The molecule has 0 fully saturated rings. The smallest absolute Gasteiger partial charge is 0.239 e. The Morgan fingerprint density at radius 2 is 1.90 bits per heavy atom. The third-order valence-electron chi connectivity index (χ3n) is 2.48. The van der Waals surface area contributed by atoms with E-state index < -0.39 is 10.0 Å². The molecule has 0 spiro atoms. The van der Waals surface area contributed by atoms with E-state index in [1.807, 2.05) is 6.07 Å². The van der Waals surface area contributed by atoms with Crippen LogP contribution >= 0.6 is 39.1 Å². The lowest BCUT2D eigenvalue weighted by molar-refractivity contribution is 0.301. The predicted octanol–water partition coefficient (Wildman–Crippen LogP) is 3.38. The topological polar surface area (TPSA) is 82.3 Å². The van der Waals surface area contributed by atoms with Gasteiger partial charge in [-0.05, 0) is 40.2 Å². The van der Waals surface area contributed by atoms with Gasteiger partial charge in [-0.15, -0.1) is 0 Å². The number of pyridine rings is 1. The van der Waals surface area contributed by atoms with Crippen LogP contribution in [0.4, 0.5) is 0 Å². The van der Waals surface area contributed by atoms with Gasteiger partial charge < -0.3 is 4.74 Å². The van der Waals surface area contributed by atoms with Gasteiger partial charge in [-0.1, -0.05) is 23.2 Å². The van der Waals surface area contributed by atoms with Crippen molar-refractivity contribution in [3.8, 4) is 5.75 Å². The van der Waals surface area contributed by atoms with Gasteiger partial charge in [0.05, 0.1) is 10.7 Å². The Morgan fingerprint density at radius 3 is 2.48 bits per heavy atom. The number of sulfonamides is 1. The van der Waals surface area contributed by atoms with Crippen LogP contribution in [-0.2, 0) is 16.6 Å². The fourth-order valence-corrected chi connectivity index (χ4v) is 3.09. The molecule has 0 bridgehead atoms. The molecule has 2 aromatic rings. The van der Waals surface area contributed by atoms with Crippen molar-refractivity contribution < 1.29 is 13.2 Å². The van der Waals surface area contributed by atoms with Crippen LogP contribution in [-0.4, -0.2) is 13.4 Å². The average molecular weight is 412 g/mol. The van der Waals surface area contributed by atoms with Gasteiger partial charge in [0.1, 0.15) is 22.3 Å². The molecule has 0 saturated carbocycles. The maximum absolute atomic E-state index is 11.3. The summed E-state index contributed by atoms with van der Waals surface area (Å²) in [5, 5.41) is 4.85. The third-order valence-corrected chi connectivity index (χ3v) is 4.88. The van der Waals surface area contributed by atoms with Crippen LogP contribution in [0.25, 0.3) is 0 Å². The molecule has 0 amide bonds. The van der Waals surface area contributed by atoms with E-state index in [4.69, 9.17) is 33.1 Å². The Labute approximate surface area is 140 Å². The van der Waals surface area contributed by atoms with Crippen molar-refractivity contribution in [2.45, 2.75) is 11.5 Å². The minimum atomic E-state index is -3.93. The van der Waals surface area contributed by atoms with Gasteiger partial charge in [0.15, 0.2) is 0 Å². The molecule has 112 valence electrons. The molecule has 0 aliphatic rings. The lowest BCUT2D eigenvalue weighted by Crippen LogP contribution is -2.13. The van der Waals surface area contributed by atoms with Crippen molar-refractivity contribution in [3.05, 3.63) is 50.7 Å². The molecular formula is C12H9BrCl2N2O3S. The zero-order valence-electron chi connectivity index (χ0n) is 10.4. The van der Waals surface area contributed by atoms with Crippen molar-refractivity contribution in [1.29, 1.82) is 0 Å². The highest BCUT2D eigenvalue weighted by molar-refractivity contribution is 9.10. The molecule has 9 heteroatoms. The highest BCUT2D eigenvalue weighted by atomic mass is 79.9. The SMILES string of the molecule is NS(=O)(=O)c1ccc(OCc2ccc(Br)cn2)c(Cl)c1Cl. The van der Waals surface area contributed by atoms with Gasteiger partial charge in [0, 0.05) is 10.7 Å². The molecule has 2 rings (SSSR count). The van der Waals surface area contributed by atoms with Gasteiger partial charge in [-0.3, -0.25) is 4.98 Å². The molecule has 0 unspecified atom stereocenters. The maximum Gasteiger partial charge on any atom is 0.239 e. The summed E-state index contributed by atoms with van der Waals surface area (Å²) in [6, 6.07) is 6.24. The van der Waals surface area contributed by atoms with Gasteiger partial charge in [0.2, 0.25) is 10.0 Å². The fraction of sp³-hybridized carbons (Fsp3) is 0.0833. The zero-order chi connectivity index (χ0) is 15.6. The summed E-state index contributed by atoms with van der Waals surface area (Å²) < 4.78 is 28.9. The van der Waals surface area contributed by atoms with E-state index in [1.54, 1.807) is 12.3 Å². The van der Waals surface area contributed by atoms with Gasteiger partial charge >= 0.3 is 0 Å². The Hall–Kier alpha value is -0.860. The van der Waals surface area contributed by atoms with E-state index in [-0.39, 0.29) is 27.3 Å². The number of primary sulfonamides is 1. The van der Waals surface area contributed by atoms with Crippen LogP contribution in [0, 0.1) is 0 Å². The Bertz CT molecular complexity index is 767. The Balaban J connectivity index is 2.22. The second kappa shape index (κ2) is 6.50. The standard InChI is InChI=1S/C12H9BrCl2N2O3S/c13-7-1-2-8(17-5-7)6-20-9-3-4-10(21(16,18)19)12(15)11(9)14/h1-5H,6H2,(H2,16,18,19). The van der Waals surface area contributed by atoms with E-state index in [9.17, 15) is 8.42 Å². The number of aromatic nitrogens is 1. The molecule has 0 radical (unpaired) electrons. The second-order valence-electron chi connectivity index (χ2n) is 3.99. The Kier molecular flexibility index (Phi) is 5.11. The van der Waals surface area contributed by atoms with E-state index in [1.165, 1.54) is 12.1 Å². The van der Waals surface area contributed by atoms with Crippen molar-refractivity contribution >= 4 is 49.2 Å². The first-order chi connectivity index (χ1) is 9.79. The predicted molar refractivity (Wildman–Crippen MR) is 84.1 cm³/mol. The van der Waals surface area contributed by atoms with Crippen molar-refractivity contribution in [2.75, 3.05) is 0 Å². The number of benzene rings is 1. The fourth-order valence-electron chi connectivity index (χ4n) is 1.49. The van der Waals surface area contributed by atoms with Crippen LogP contribution < -0.4 is 9.88 Å². The lowest BCUT2D eigenvalue weighted by atomic mass is 10.3. The van der Waals surface area contributed by atoms with E-state index >= 15 is 0 Å². The average Bonchev–Trinajstić information content (AvgIpc) is 2.41. The highest BCUT2D eigenvalue weighted by Gasteiger charge is 2.18. The van der Waals surface area contributed by atoms with Crippen molar-refractivity contribution in [2.24, 2.45) is 5.14 Å². The summed E-state index contributed by atoms with van der Waals surface area (Å²) in [5.74, 6) is 0.249. The molecule has 5 nitrogen and oxygen atoms in total. The summed E-state index contributed by atoms with van der Waals surface area (Å²) in [5.41, 5.74) is 0.681. The molecule has 2 N–H and O–H groups in total. The van der Waals surface area contributed by atoms with E-state index in [0.29, 0.717) is 5.69 Å². The lowest BCUT2D eigenvalue weighted by Gasteiger charge is -2.10. The maximum atomic E-state index is 11.3. The quantitative estimate of drug-likeness (QED) is 0.835. The van der Waals surface area contributed by atoms with Crippen LogP contribution in [0.1, 0.15) is 5.69 Å². The number of hydrogen-bond donors (Lipinski definition) is 1. The number of nitrogens with two attached hydrogens (primary N) is 1. The van der Waals surface area contributed by atoms with E-state index in [2.05, 4.69) is 20.9 Å². The van der Waals surface area contributed by atoms with Crippen molar-refractivity contribution in [1.82, 2.24) is 4.98 Å². The molecule has 0 aliphatic heterocycles. The first-order valence-electron chi connectivity index (χ1n) is 5.53. The zero-order valence-corrected chi connectivity index (χ0v) is 14.3. The number of nitrogens with zero attached hydrogens (tertiary/aromatic N) is 1. The Morgan fingerprint density at radius 1 is 1.19 bits per heavy atom. The molecule has 1 heterocycles. The second-order valence-corrected chi connectivity index (χ2v) is 7.19. The normalized spacial score (nSPS) is 11.4. The number of rotatable bonds is 4. The highest BCUT2D eigenvalue weighted by Crippen LogP contribution is 2.36. The molecule has 1 aromatic heterocycles. The summed E-state index contributed by atoms with van der Waals surface area (Å²) in [7, 11) is -3.93. The number of hydrogen-bond acceptors (Lipinski definition) is 4. The molecule has 0 aliphatic carbocycles. The molecule has 0 saturated heterocycles. The van der Waals surface area contributed by atoms with Gasteiger partial charge in [0.25, 0.3) is 0 Å². The van der Waals surface area contributed by atoms with Crippen LogP contribution in [0.5, 0.6) is 5.75 Å². The van der Waals surface area contributed by atoms with Crippen molar-refractivity contribution in [3.63, 3.8) is 0 Å². The number of halogens is 3. The third kappa shape index (κ3) is 4.08. The summed E-state index contributed by atoms with van der Waals surface area (Å²) >= 11 is 15.2. The van der Waals surface area contributed by atoms with Gasteiger partial charge in [-0.25, -0.2) is 13.6 Å². The van der Waals surface area contributed by atoms with Crippen LogP contribution in [0.2, 0.25) is 10.0 Å². The van der Waals surface area contributed by atoms with E-state index in [0.717, 1.165) is 4.47 Å². The molecule has 0 atom stereocenters. The largest absolute Gasteiger partial charge is 0.486 e. The van der Waals surface area contributed by atoms with Crippen LogP contribution in [0.3, 0.4) is 0 Å². The van der Waals surface area contributed by atoms with Gasteiger partial charge in [-0.2, -0.15) is 0 Å². The monoisotopic (exact) mass is 410 g/mol. The molecular weight excluding hydrogens is 403 g/mol. The number of ether oxygens (including phenoxy) is 1. The minimum Gasteiger partial charge on any atom is -0.486 e. The summed E-state index contributed by atoms with van der Waals surface area (Å²) in [6.07, 6.45) is 1.64. The summed E-state index contributed by atoms with van der Waals surface area (Å²) in [6.45, 7) is 0.165. The first kappa shape index (κ1) is 16.5. The minimum absolute atomic E-state index is 0.0136. The molecule has 1 aromatic carbocycles. The van der Waals surface area contributed by atoms with Crippen LogP contribution in [0.15, 0.2) is 39.8 Å².